The number of nitrogens with one attached hydrogen (secondary N) is 2. The smallest absolute Gasteiger partial charge is 0.0922 e. The van der Waals surface area contributed by atoms with Crippen molar-refractivity contribution >= 4 is 0 Å². The molecule has 0 fully saturated rings. The Hall–Kier alpha value is -0.870. The predicted octanol–water partition coefficient (Wildman–Crippen LogP) is 1.23. The normalized spacial score (nSPS) is 11.1. The Morgan fingerprint density at radius 3 is 3.00 bits per heavy atom. The van der Waals surface area contributed by atoms with Gasteiger partial charge in [0.1, 0.15) is 0 Å². The Kier molecular flexibility index (Phi) is 6.04. The van der Waals surface area contributed by atoms with Crippen molar-refractivity contribution in [1.82, 2.24) is 20.2 Å². The van der Waals surface area contributed by atoms with Crippen molar-refractivity contribution in [3.63, 3.8) is 0 Å². The maximum atomic E-state index is 3.97. The fourth-order valence-electron chi connectivity index (χ4n) is 1.41. The third kappa shape index (κ3) is 5.54. The predicted molar refractivity (Wildman–Crippen MR) is 62.7 cm³/mol. The Morgan fingerprint density at radius 2 is 2.33 bits per heavy atom. The fraction of sp³-hybridized carbons (Fsp3) is 0.727. The van der Waals surface area contributed by atoms with Crippen molar-refractivity contribution in [2.75, 3.05) is 26.7 Å². The molecule has 0 unspecified atom stereocenters. The van der Waals surface area contributed by atoms with E-state index in [1.807, 2.05) is 6.20 Å². The highest BCUT2D eigenvalue weighted by Crippen LogP contribution is 1.91. The maximum Gasteiger partial charge on any atom is 0.0922 e. The minimum atomic E-state index is 0.877. The SMILES string of the molecule is CCCCN(C)CCNCc1cnc[nH]1. The molecule has 1 heterocycles. The molecule has 0 radical (unpaired) electrons. The van der Waals surface area contributed by atoms with Crippen LogP contribution in [0.3, 0.4) is 0 Å². The van der Waals surface area contributed by atoms with Gasteiger partial charge < -0.3 is 15.2 Å². The summed E-state index contributed by atoms with van der Waals surface area (Å²) < 4.78 is 0. The molecule has 86 valence electrons. The Balaban J connectivity index is 1.97. The molecule has 2 N–H and O–H groups in total. The van der Waals surface area contributed by atoms with E-state index in [-0.39, 0.29) is 0 Å². The summed E-state index contributed by atoms with van der Waals surface area (Å²) in [5.41, 5.74) is 1.14. The summed E-state index contributed by atoms with van der Waals surface area (Å²) in [6, 6.07) is 0. The average Bonchev–Trinajstić information content (AvgIpc) is 2.74. The number of aromatic nitrogens is 2. The number of aromatic amines is 1. The second kappa shape index (κ2) is 7.43. The maximum absolute atomic E-state index is 3.97. The lowest BCUT2D eigenvalue weighted by atomic mass is 10.3. The van der Waals surface area contributed by atoms with Crippen LogP contribution in [0.1, 0.15) is 25.5 Å². The van der Waals surface area contributed by atoms with E-state index in [0.717, 1.165) is 25.3 Å². The van der Waals surface area contributed by atoms with Gasteiger partial charge in [-0.2, -0.15) is 0 Å². The largest absolute Gasteiger partial charge is 0.347 e. The van der Waals surface area contributed by atoms with E-state index in [0.29, 0.717) is 0 Å². The second-order valence-electron chi connectivity index (χ2n) is 3.91. The highest BCUT2D eigenvalue weighted by molar-refractivity contribution is 4.92. The molecule has 1 aromatic heterocycles. The van der Waals surface area contributed by atoms with Crippen molar-refractivity contribution in [3.8, 4) is 0 Å². The molecule has 0 aliphatic heterocycles. The lowest BCUT2D eigenvalue weighted by Gasteiger charge is -2.15. The van der Waals surface area contributed by atoms with Crippen molar-refractivity contribution in [2.24, 2.45) is 0 Å². The topological polar surface area (TPSA) is 44.0 Å². The van der Waals surface area contributed by atoms with Crippen LogP contribution in [0, 0.1) is 0 Å². The Bertz CT molecular complexity index is 233. The minimum absolute atomic E-state index is 0.877. The zero-order valence-corrected chi connectivity index (χ0v) is 9.79. The van der Waals surface area contributed by atoms with Crippen LogP contribution in [0.5, 0.6) is 0 Å². The highest BCUT2D eigenvalue weighted by Gasteiger charge is 1.97. The van der Waals surface area contributed by atoms with Crippen LogP contribution in [0.2, 0.25) is 0 Å². The van der Waals surface area contributed by atoms with E-state index >= 15 is 0 Å². The molecule has 0 aliphatic carbocycles. The second-order valence-corrected chi connectivity index (χ2v) is 3.91. The first-order chi connectivity index (χ1) is 7.33. The summed E-state index contributed by atoms with van der Waals surface area (Å²) in [7, 11) is 2.17. The molecule has 0 spiro atoms. The van der Waals surface area contributed by atoms with Gasteiger partial charge in [-0.25, -0.2) is 4.98 Å². The van der Waals surface area contributed by atoms with Crippen molar-refractivity contribution < 1.29 is 0 Å². The number of likely N-dealkylation sites (N-methyl/N-ethyl adjacent to an activating group) is 1. The number of hydrogen-bond acceptors (Lipinski definition) is 3. The highest BCUT2D eigenvalue weighted by atomic mass is 15.1. The minimum Gasteiger partial charge on any atom is -0.347 e. The number of hydrogen-bond donors (Lipinski definition) is 2. The first-order valence-corrected chi connectivity index (χ1v) is 5.69. The standard InChI is InChI=1S/C11H22N4/c1-3-4-6-15(2)7-5-12-8-11-9-13-10-14-11/h9-10,12H,3-8H2,1-2H3,(H,13,14). The van der Waals surface area contributed by atoms with E-state index in [1.54, 1.807) is 6.33 Å². The van der Waals surface area contributed by atoms with Crippen LogP contribution in [0.15, 0.2) is 12.5 Å². The monoisotopic (exact) mass is 210 g/mol. The fourth-order valence-corrected chi connectivity index (χ4v) is 1.41. The third-order valence-corrected chi connectivity index (χ3v) is 2.43. The number of nitrogens with zero attached hydrogens (tertiary/aromatic N) is 2. The summed E-state index contributed by atoms with van der Waals surface area (Å²) in [6.45, 7) is 6.43. The van der Waals surface area contributed by atoms with Gasteiger partial charge in [0.25, 0.3) is 0 Å². The summed E-state index contributed by atoms with van der Waals surface area (Å²) in [5, 5.41) is 3.38. The van der Waals surface area contributed by atoms with Gasteiger partial charge in [-0.3, -0.25) is 0 Å². The van der Waals surface area contributed by atoms with E-state index in [4.69, 9.17) is 0 Å². The summed E-state index contributed by atoms with van der Waals surface area (Å²) in [5.74, 6) is 0. The van der Waals surface area contributed by atoms with Gasteiger partial charge in [-0.05, 0) is 20.0 Å². The molecule has 0 atom stereocenters. The molecular formula is C11H22N4. The molecule has 0 saturated heterocycles. The number of rotatable bonds is 8. The van der Waals surface area contributed by atoms with Crippen LogP contribution >= 0.6 is 0 Å². The van der Waals surface area contributed by atoms with E-state index in [9.17, 15) is 0 Å². The molecule has 15 heavy (non-hydrogen) atoms. The summed E-state index contributed by atoms with van der Waals surface area (Å²) in [6.07, 6.45) is 6.13. The zero-order chi connectivity index (χ0) is 10.9. The number of unbranched alkanes of at least 4 members (excludes halogenated alkanes) is 1. The lowest BCUT2D eigenvalue weighted by molar-refractivity contribution is 0.325. The molecule has 0 aliphatic rings. The van der Waals surface area contributed by atoms with Gasteiger partial charge in [-0.1, -0.05) is 13.3 Å². The van der Waals surface area contributed by atoms with Crippen LogP contribution in [-0.4, -0.2) is 41.5 Å². The first kappa shape index (κ1) is 12.2. The van der Waals surface area contributed by atoms with Crippen LogP contribution in [0.4, 0.5) is 0 Å². The van der Waals surface area contributed by atoms with E-state index < -0.39 is 0 Å². The molecule has 4 heteroatoms. The zero-order valence-electron chi connectivity index (χ0n) is 9.79. The lowest BCUT2D eigenvalue weighted by Crippen LogP contribution is -2.29. The van der Waals surface area contributed by atoms with Crippen LogP contribution in [-0.2, 0) is 6.54 Å². The van der Waals surface area contributed by atoms with Crippen molar-refractivity contribution in [1.29, 1.82) is 0 Å². The molecule has 4 nitrogen and oxygen atoms in total. The van der Waals surface area contributed by atoms with Gasteiger partial charge in [0.15, 0.2) is 0 Å². The third-order valence-electron chi connectivity index (χ3n) is 2.43. The van der Waals surface area contributed by atoms with Gasteiger partial charge in [0.05, 0.1) is 6.33 Å². The number of H-pyrrole nitrogens is 1. The Labute approximate surface area is 92.1 Å². The van der Waals surface area contributed by atoms with E-state index in [1.165, 1.54) is 19.4 Å². The van der Waals surface area contributed by atoms with Crippen molar-refractivity contribution in [3.05, 3.63) is 18.2 Å². The molecule has 0 bridgehead atoms. The molecule has 0 amide bonds. The molecule has 1 aromatic rings. The quantitative estimate of drug-likeness (QED) is 0.634. The number of imidazole rings is 1. The summed E-state index contributed by atoms with van der Waals surface area (Å²) >= 11 is 0. The molecule has 0 aromatic carbocycles. The van der Waals surface area contributed by atoms with Crippen LogP contribution in [0.25, 0.3) is 0 Å². The van der Waals surface area contributed by atoms with Gasteiger partial charge in [-0.15, -0.1) is 0 Å². The molecule has 0 saturated carbocycles. The first-order valence-electron chi connectivity index (χ1n) is 5.69. The average molecular weight is 210 g/mol. The Morgan fingerprint density at radius 1 is 1.47 bits per heavy atom. The molecular weight excluding hydrogens is 188 g/mol. The molecule has 1 rings (SSSR count). The van der Waals surface area contributed by atoms with Crippen LogP contribution < -0.4 is 5.32 Å². The van der Waals surface area contributed by atoms with Crippen molar-refractivity contribution in [2.45, 2.75) is 26.3 Å². The van der Waals surface area contributed by atoms with E-state index in [2.05, 4.69) is 34.2 Å². The van der Waals surface area contributed by atoms with Gasteiger partial charge in [0.2, 0.25) is 0 Å². The van der Waals surface area contributed by atoms with Gasteiger partial charge >= 0.3 is 0 Å². The summed E-state index contributed by atoms with van der Waals surface area (Å²) in [4.78, 5) is 9.41. The van der Waals surface area contributed by atoms with Gasteiger partial charge in [0, 0.05) is 31.5 Å².